The highest BCUT2D eigenvalue weighted by Crippen LogP contribution is 2.32. The van der Waals surface area contributed by atoms with E-state index in [1.165, 1.54) is 6.42 Å². The van der Waals surface area contributed by atoms with E-state index in [0.29, 0.717) is 11.2 Å². The van der Waals surface area contributed by atoms with Crippen molar-refractivity contribution in [1.29, 1.82) is 0 Å². The van der Waals surface area contributed by atoms with Gasteiger partial charge in [0, 0.05) is 19.1 Å². The van der Waals surface area contributed by atoms with Crippen LogP contribution in [0.4, 0.5) is 10.6 Å². The lowest BCUT2D eigenvalue weighted by atomic mass is 9.90. The molecule has 4 rings (SSSR count). The summed E-state index contributed by atoms with van der Waals surface area (Å²) in [7, 11) is 0. The van der Waals surface area contributed by atoms with Crippen LogP contribution in [0.1, 0.15) is 46.5 Å². The number of pyridine rings is 2. The number of amides is 1. The Bertz CT molecular complexity index is 878. The summed E-state index contributed by atoms with van der Waals surface area (Å²) in [5, 5.41) is 0.469. The van der Waals surface area contributed by atoms with Crippen molar-refractivity contribution in [2.24, 2.45) is 0 Å². The van der Waals surface area contributed by atoms with Crippen LogP contribution >= 0.6 is 11.6 Å². The van der Waals surface area contributed by atoms with Crippen molar-refractivity contribution < 1.29 is 9.53 Å². The molecule has 0 N–H and O–H groups in total. The summed E-state index contributed by atoms with van der Waals surface area (Å²) in [5.41, 5.74) is 1.14. The van der Waals surface area contributed by atoms with Crippen LogP contribution in [-0.4, -0.2) is 51.7 Å². The first-order chi connectivity index (χ1) is 13.3. The van der Waals surface area contributed by atoms with Gasteiger partial charge in [0.15, 0.2) is 0 Å². The second-order valence-corrected chi connectivity index (χ2v) is 9.09. The molecule has 7 heteroatoms. The van der Waals surface area contributed by atoms with Crippen molar-refractivity contribution in [3.05, 3.63) is 29.4 Å². The van der Waals surface area contributed by atoms with Gasteiger partial charge in [0.2, 0.25) is 0 Å². The minimum absolute atomic E-state index is 0.154. The molecule has 1 aliphatic heterocycles. The molecule has 2 aromatic heterocycles. The van der Waals surface area contributed by atoms with Crippen molar-refractivity contribution in [3.8, 4) is 0 Å². The third-order valence-corrected chi connectivity index (χ3v) is 5.66. The Kier molecular flexibility index (Phi) is 5.08. The topological polar surface area (TPSA) is 58.6 Å². The fourth-order valence-corrected chi connectivity index (χ4v) is 4.06. The SMILES string of the molecule is CC(C)(C)OC(=O)N(C1CCC1)C1CCN(c2ccc3nc(Cl)ccc3n2)C1. The molecule has 6 nitrogen and oxygen atoms in total. The molecule has 150 valence electrons. The van der Waals surface area contributed by atoms with Gasteiger partial charge in [0.1, 0.15) is 16.6 Å². The minimum Gasteiger partial charge on any atom is -0.444 e. The van der Waals surface area contributed by atoms with E-state index in [1.807, 2.05) is 43.9 Å². The maximum atomic E-state index is 12.9. The lowest BCUT2D eigenvalue weighted by molar-refractivity contribution is -0.00350. The molecule has 3 heterocycles. The monoisotopic (exact) mass is 402 g/mol. The van der Waals surface area contributed by atoms with E-state index >= 15 is 0 Å². The number of nitrogens with zero attached hydrogens (tertiary/aromatic N) is 4. The largest absolute Gasteiger partial charge is 0.444 e. The van der Waals surface area contributed by atoms with Gasteiger partial charge in [0.25, 0.3) is 0 Å². The van der Waals surface area contributed by atoms with Crippen molar-refractivity contribution in [1.82, 2.24) is 14.9 Å². The van der Waals surface area contributed by atoms with E-state index in [1.54, 1.807) is 6.07 Å². The molecule has 0 radical (unpaired) electrons. The van der Waals surface area contributed by atoms with Crippen LogP contribution in [0.25, 0.3) is 11.0 Å². The fraction of sp³-hybridized carbons (Fsp3) is 0.571. The van der Waals surface area contributed by atoms with Crippen molar-refractivity contribution in [2.45, 2.75) is 64.1 Å². The van der Waals surface area contributed by atoms with Gasteiger partial charge in [0.05, 0.1) is 17.1 Å². The maximum absolute atomic E-state index is 12.9. The molecule has 1 atom stereocenters. The number of rotatable bonds is 3. The number of carbonyl (C=O) groups excluding carboxylic acids is 1. The molecule has 1 saturated carbocycles. The van der Waals surface area contributed by atoms with E-state index < -0.39 is 5.60 Å². The summed E-state index contributed by atoms with van der Waals surface area (Å²) in [6.45, 7) is 7.41. The molecule has 1 amide bonds. The van der Waals surface area contributed by atoms with Crippen LogP contribution < -0.4 is 4.90 Å². The van der Waals surface area contributed by atoms with Gasteiger partial charge in [-0.15, -0.1) is 0 Å². The van der Waals surface area contributed by atoms with Gasteiger partial charge in [-0.3, -0.25) is 0 Å². The average molecular weight is 403 g/mol. The van der Waals surface area contributed by atoms with Gasteiger partial charge in [-0.05, 0) is 70.7 Å². The second kappa shape index (κ2) is 7.39. The molecule has 2 fully saturated rings. The molecule has 1 unspecified atom stereocenters. The second-order valence-electron chi connectivity index (χ2n) is 8.70. The van der Waals surface area contributed by atoms with Crippen LogP contribution in [0.2, 0.25) is 5.15 Å². The summed E-state index contributed by atoms with van der Waals surface area (Å²) >= 11 is 5.97. The Morgan fingerprint density at radius 2 is 1.82 bits per heavy atom. The number of hydrogen-bond donors (Lipinski definition) is 0. The van der Waals surface area contributed by atoms with Crippen LogP contribution in [0, 0.1) is 0 Å². The molecule has 1 saturated heterocycles. The summed E-state index contributed by atoms with van der Waals surface area (Å²) in [6.07, 6.45) is 4.05. The van der Waals surface area contributed by atoms with Gasteiger partial charge in [-0.2, -0.15) is 0 Å². The third-order valence-electron chi connectivity index (χ3n) is 5.45. The summed E-state index contributed by atoms with van der Waals surface area (Å²) in [4.78, 5) is 26.2. The highest BCUT2D eigenvalue weighted by molar-refractivity contribution is 6.29. The van der Waals surface area contributed by atoms with E-state index in [0.717, 1.165) is 49.2 Å². The first-order valence-electron chi connectivity index (χ1n) is 10.00. The Hall–Kier alpha value is -2.08. The minimum atomic E-state index is -0.481. The van der Waals surface area contributed by atoms with Gasteiger partial charge >= 0.3 is 6.09 Å². The third kappa shape index (κ3) is 4.02. The number of ether oxygens (including phenoxy) is 1. The summed E-state index contributed by atoms with van der Waals surface area (Å²) in [6, 6.07) is 8.04. The number of hydrogen-bond acceptors (Lipinski definition) is 5. The highest BCUT2D eigenvalue weighted by Gasteiger charge is 2.40. The maximum Gasteiger partial charge on any atom is 0.410 e. The van der Waals surface area contributed by atoms with Crippen molar-refractivity contribution in [3.63, 3.8) is 0 Å². The predicted octanol–water partition coefficient (Wildman–Crippen LogP) is 4.65. The summed E-state index contributed by atoms with van der Waals surface area (Å²) < 4.78 is 5.71. The van der Waals surface area contributed by atoms with Gasteiger partial charge in [-0.25, -0.2) is 14.8 Å². The quantitative estimate of drug-likeness (QED) is 0.699. The van der Waals surface area contributed by atoms with Crippen molar-refractivity contribution in [2.75, 3.05) is 18.0 Å². The molecule has 28 heavy (non-hydrogen) atoms. The fourth-order valence-electron chi connectivity index (χ4n) is 3.90. The predicted molar refractivity (Wildman–Crippen MR) is 111 cm³/mol. The average Bonchev–Trinajstić information content (AvgIpc) is 3.05. The zero-order valence-electron chi connectivity index (χ0n) is 16.7. The zero-order valence-corrected chi connectivity index (χ0v) is 17.4. The van der Waals surface area contributed by atoms with E-state index in [2.05, 4.69) is 9.88 Å². The standard InChI is InChI=1S/C21H27ClN4O2/c1-21(2,3)28-20(27)26(14-5-4-6-14)15-11-12-25(13-15)19-10-8-16-17(24-19)7-9-18(22)23-16/h7-10,14-15H,4-6,11-13H2,1-3H3. The number of aromatic nitrogens is 2. The van der Waals surface area contributed by atoms with Gasteiger partial charge in [-0.1, -0.05) is 11.6 Å². The van der Waals surface area contributed by atoms with Crippen LogP contribution in [0.15, 0.2) is 24.3 Å². The molecule has 2 aliphatic rings. The number of fused-ring (bicyclic) bond motifs is 1. The normalized spacial score (nSPS) is 20.3. The Labute approximate surface area is 170 Å². The number of halogens is 1. The van der Waals surface area contributed by atoms with E-state index in [4.69, 9.17) is 21.3 Å². The lowest BCUT2D eigenvalue weighted by Gasteiger charge is -2.41. The Balaban J connectivity index is 1.51. The molecule has 2 aromatic rings. The van der Waals surface area contributed by atoms with E-state index in [9.17, 15) is 4.79 Å². The van der Waals surface area contributed by atoms with Crippen LogP contribution in [0.3, 0.4) is 0 Å². The van der Waals surface area contributed by atoms with Crippen molar-refractivity contribution >= 4 is 34.5 Å². The summed E-state index contributed by atoms with van der Waals surface area (Å²) in [5.74, 6) is 0.914. The molecular weight excluding hydrogens is 376 g/mol. The van der Waals surface area contributed by atoms with E-state index in [-0.39, 0.29) is 12.1 Å². The molecular formula is C21H27ClN4O2. The molecule has 1 aliphatic carbocycles. The van der Waals surface area contributed by atoms with Crippen LogP contribution in [0.5, 0.6) is 0 Å². The Morgan fingerprint density at radius 1 is 1.11 bits per heavy atom. The van der Waals surface area contributed by atoms with Crippen LogP contribution in [-0.2, 0) is 4.74 Å². The Morgan fingerprint density at radius 3 is 2.50 bits per heavy atom. The number of carbonyl (C=O) groups is 1. The lowest BCUT2D eigenvalue weighted by Crippen LogP contribution is -2.52. The highest BCUT2D eigenvalue weighted by atomic mass is 35.5. The molecule has 0 aromatic carbocycles. The first kappa shape index (κ1) is 19.2. The van der Waals surface area contributed by atoms with Gasteiger partial charge < -0.3 is 14.5 Å². The zero-order chi connectivity index (χ0) is 19.9. The molecule has 0 spiro atoms. The number of anilines is 1. The molecule has 0 bridgehead atoms. The smallest absolute Gasteiger partial charge is 0.410 e. The first-order valence-corrected chi connectivity index (χ1v) is 10.4.